The summed E-state index contributed by atoms with van der Waals surface area (Å²) in [5.41, 5.74) is 5.20. The molecule has 0 heterocycles. The maximum atomic E-state index is 9.05. The number of aryl methyl sites for hydroxylation is 2. The van der Waals surface area contributed by atoms with E-state index in [0.717, 1.165) is 33.8 Å². The molecule has 0 radical (unpaired) electrons. The smallest absolute Gasteiger partial charge is 0.122 e. The van der Waals surface area contributed by atoms with Crippen molar-refractivity contribution in [3.8, 4) is 11.5 Å². The number of rotatable bonds is 9. The van der Waals surface area contributed by atoms with E-state index in [1.54, 1.807) is 0 Å². The summed E-state index contributed by atoms with van der Waals surface area (Å²) in [5, 5.41) is 18.1. The van der Waals surface area contributed by atoms with Crippen LogP contribution in [0.1, 0.15) is 34.7 Å². The van der Waals surface area contributed by atoms with E-state index in [-0.39, 0.29) is 31.8 Å². The van der Waals surface area contributed by atoms with E-state index in [9.17, 15) is 0 Å². The Kier molecular flexibility index (Phi) is 7.14. The Balaban J connectivity index is 2.10. The molecule has 0 atom stereocenters. The van der Waals surface area contributed by atoms with Crippen LogP contribution in [0.15, 0.2) is 66.7 Å². The fraction of sp³-hybridized carbons (Fsp3) is 0.308. The summed E-state index contributed by atoms with van der Waals surface area (Å²) >= 11 is 0. The lowest BCUT2D eigenvalue weighted by Gasteiger charge is -2.33. The Morgan fingerprint density at radius 3 is 1.53 bits per heavy atom. The van der Waals surface area contributed by atoms with Crippen LogP contribution in [0, 0.1) is 13.8 Å². The predicted molar refractivity (Wildman–Crippen MR) is 120 cm³/mol. The molecule has 4 nitrogen and oxygen atoms in total. The Morgan fingerprint density at radius 1 is 0.667 bits per heavy atom. The molecule has 0 spiro atoms. The maximum Gasteiger partial charge on any atom is 0.122 e. The zero-order chi connectivity index (χ0) is 21.6. The molecule has 3 rings (SSSR count). The summed E-state index contributed by atoms with van der Waals surface area (Å²) in [7, 11) is 0. The highest BCUT2D eigenvalue weighted by Gasteiger charge is 2.32. The van der Waals surface area contributed by atoms with Gasteiger partial charge in [0.05, 0.1) is 13.2 Å². The molecule has 4 heteroatoms. The van der Waals surface area contributed by atoms with Gasteiger partial charge < -0.3 is 19.7 Å². The SMILES string of the molecule is Cc1cc(C(C)(c2ccccc2)c2ccc(OCCO)c(C)c2)ccc1OCCO. The van der Waals surface area contributed by atoms with E-state index in [4.69, 9.17) is 19.7 Å². The van der Waals surface area contributed by atoms with Crippen molar-refractivity contribution in [2.24, 2.45) is 0 Å². The quantitative estimate of drug-likeness (QED) is 0.517. The van der Waals surface area contributed by atoms with Crippen molar-refractivity contribution in [3.05, 3.63) is 94.5 Å². The molecule has 0 bridgehead atoms. The van der Waals surface area contributed by atoms with Crippen molar-refractivity contribution in [2.75, 3.05) is 26.4 Å². The minimum atomic E-state index is -0.373. The van der Waals surface area contributed by atoms with E-state index < -0.39 is 0 Å². The third kappa shape index (κ3) is 4.50. The Labute approximate surface area is 178 Å². The number of hydrogen-bond donors (Lipinski definition) is 2. The molecule has 0 aliphatic carbocycles. The van der Waals surface area contributed by atoms with Crippen LogP contribution in [0.25, 0.3) is 0 Å². The van der Waals surface area contributed by atoms with Crippen molar-refractivity contribution in [3.63, 3.8) is 0 Å². The Morgan fingerprint density at radius 2 is 1.13 bits per heavy atom. The van der Waals surface area contributed by atoms with Gasteiger partial charge in [0.1, 0.15) is 24.7 Å². The van der Waals surface area contributed by atoms with Crippen LogP contribution in [0.5, 0.6) is 11.5 Å². The topological polar surface area (TPSA) is 58.9 Å². The Hall–Kier alpha value is -2.82. The summed E-state index contributed by atoms with van der Waals surface area (Å²) in [6, 6.07) is 22.9. The van der Waals surface area contributed by atoms with Gasteiger partial charge in [0.15, 0.2) is 0 Å². The molecular formula is C26H30O4. The van der Waals surface area contributed by atoms with Gasteiger partial charge >= 0.3 is 0 Å². The molecule has 0 unspecified atom stereocenters. The predicted octanol–water partition coefficient (Wildman–Crippen LogP) is 4.40. The molecule has 0 fully saturated rings. The molecule has 0 aromatic heterocycles. The maximum absolute atomic E-state index is 9.05. The van der Waals surface area contributed by atoms with Crippen LogP contribution in [-0.4, -0.2) is 36.6 Å². The first kappa shape index (κ1) is 21.9. The van der Waals surface area contributed by atoms with Gasteiger partial charge in [-0.3, -0.25) is 0 Å². The summed E-state index contributed by atoms with van der Waals surface area (Å²) in [4.78, 5) is 0. The molecule has 0 saturated heterocycles. The van der Waals surface area contributed by atoms with Crippen LogP contribution in [0.4, 0.5) is 0 Å². The lowest BCUT2D eigenvalue weighted by atomic mass is 9.70. The van der Waals surface area contributed by atoms with Gasteiger partial charge in [-0.15, -0.1) is 0 Å². The molecule has 0 saturated carbocycles. The third-order valence-electron chi connectivity index (χ3n) is 5.55. The normalized spacial score (nSPS) is 11.4. The average Bonchev–Trinajstić information content (AvgIpc) is 2.77. The average molecular weight is 407 g/mol. The van der Waals surface area contributed by atoms with E-state index in [2.05, 4.69) is 55.5 Å². The first-order valence-electron chi connectivity index (χ1n) is 10.3. The second kappa shape index (κ2) is 9.79. The Bertz CT molecular complexity index is 909. The molecule has 0 amide bonds. The largest absolute Gasteiger partial charge is 0.491 e. The molecule has 3 aromatic rings. The zero-order valence-electron chi connectivity index (χ0n) is 17.9. The molecule has 158 valence electrons. The van der Waals surface area contributed by atoms with Gasteiger partial charge in [0.2, 0.25) is 0 Å². The van der Waals surface area contributed by atoms with Crippen molar-refractivity contribution in [1.29, 1.82) is 0 Å². The fourth-order valence-electron chi connectivity index (χ4n) is 3.83. The van der Waals surface area contributed by atoms with Crippen molar-refractivity contribution in [2.45, 2.75) is 26.2 Å². The van der Waals surface area contributed by atoms with Crippen molar-refractivity contribution in [1.82, 2.24) is 0 Å². The minimum absolute atomic E-state index is 0.00704. The van der Waals surface area contributed by atoms with Crippen LogP contribution < -0.4 is 9.47 Å². The van der Waals surface area contributed by atoms with Gasteiger partial charge in [-0.25, -0.2) is 0 Å². The molecule has 2 N–H and O–H groups in total. The lowest BCUT2D eigenvalue weighted by molar-refractivity contribution is 0.200. The van der Waals surface area contributed by atoms with Gasteiger partial charge in [0.25, 0.3) is 0 Å². The molecular weight excluding hydrogens is 376 g/mol. The van der Waals surface area contributed by atoms with Crippen LogP contribution >= 0.6 is 0 Å². The van der Waals surface area contributed by atoms with Gasteiger partial charge in [0, 0.05) is 5.41 Å². The monoisotopic (exact) mass is 406 g/mol. The van der Waals surface area contributed by atoms with Crippen molar-refractivity contribution >= 4 is 0 Å². The number of benzene rings is 3. The second-order valence-electron chi connectivity index (χ2n) is 7.60. The number of aliphatic hydroxyl groups is 2. The van der Waals surface area contributed by atoms with E-state index in [1.165, 1.54) is 5.56 Å². The fourth-order valence-corrected chi connectivity index (χ4v) is 3.83. The summed E-state index contributed by atoms with van der Waals surface area (Å²) in [6.45, 7) is 6.83. The number of aliphatic hydroxyl groups excluding tert-OH is 2. The van der Waals surface area contributed by atoms with E-state index in [1.807, 2.05) is 32.0 Å². The standard InChI is InChI=1S/C26H30O4/c1-19-17-22(9-11-24(19)29-15-13-27)26(3,21-7-5-4-6-8-21)23-10-12-25(20(2)18-23)30-16-14-28/h4-12,17-18,27-28H,13-16H2,1-3H3. The number of ether oxygens (including phenoxy) is 2. The van der Waals surface area contributed by atoms with Gasteiger partial charge in [-0.1, -0.05) is 54.6 Å². The highest BCUT2D eigenvalue weighted by Crippen LogP contribution is 2.41. The molecule has 3 aromatic carbocycles. The van der Waals surface area contributed by atoms with E-state index >= 15 is 0 Å². The highest BCUT2D eigenvalue weighted by molar-refractivity contribution is 5.54. The molecule has 30 heavy (non-hydrogen) atoms. The molecule has 0 aliphatic heterocycles. The van der Waals surface area contributed by atoms with Crippen molar-refractivity contribution < 1.29 is 19.7 Å². The first-order valence-corrected chi connectivity index (χ1v) is 10.3. The van der Waals surface area contributed by atoms with E-state index in [0.29, 0.717) is 0 Å². The zero-order valence-corrected chi connectivity index (χ0v) is 17.9. The minimum Gasteiger partial charge on any atom is -0.491 e. The summed E-state index contributed by atoms with van der Waals surface area (Å²) < 4.78 is 11.3. The van der Waals surface area contributed by atoms with Crippen LogP contribution in [0.3, 0.4) is 0 Å². The van der Waals surface area contributed by atoms with Crippen LogP contribution in [-0.2, 0) is 5.41 Å². The van der Waals surface area contributed by atoms with Gasteiger partial charge in [-0.2, -0.15) is 0 Å². The lowest BCUT2D eigenvalue weighted by Crippen LogP contribution is -2.25. The second-order valence-corrected chi connectivity index (χ2v) is 7.60. The van der Waals surface area contributed by atoms with Gasteiger partial charge in [-0.05, 0) is 60.7 Å². The number of hydrogen-bond acceptors (Lipinski definition) is 4. The molecule has 0 aliphatic rings. The highest BCUT2D eigenvalue weighted by atomic mass is 16.5. The third-order valence-corrected chi connectivity index (χ3v) is 5.55. The summed E-state index contributed by atoms with van der Waals surface area (Å²) in [6.07, 6.45) is 0. The summed E-state index contributed by atoms with van der Waals surface area (Å²) in [5.74, 6) is 1.57. The van der Waals surface area contributed by atoms with Crippen LogP contribution in [0.2, 0.25) is 0 Å². The first-order chi connectivity index (χ1) is 14.5.